The van der Waals surface area contributed by atoms with E-state index in [4.69, 9.17) is 9.84 Å². The minimum Gasteiger partial charge on any atom is -0.481 e. The molecule has 0 radical (unpaired) electrons. The van der Waals surface area contributed by atoms with Crippen LogP contribution in [0.1, 0.15) is 33.6 Å². The van der Waals surface area contributed by atoms with E-state index in [0.29, 0.717) is 19.6 Å². The van der Waals surface area contributed by atoms with Crippen LogP contribution in [0.5, 0.6) is 0 Å². The molecule has 1 heterocycles. The number of carbonyl (C=O) groups excluding carboxylic acids is 2. The van der Waals surface area contributed by atoms with Crippen molar-refractivity contribution in [3.8, 4) is 0 Å². The highest BCUT2D eigenvalue weighted by molar-refractivity contribution is 5.85. The van der Waals surface area contributed by atoms with Crippen LogP contribution < -0.4 is 5.32 Å². The number of rotatable bonds is 5. The fourth-order valence-corrected chi connectivity index (χ4v) is 2.09. The monoisotopic (exact) mass is 300 g/mol. The standard InChI is InChI=1S/C14H24N2O5/c1-14(2,3)7-11(17)15-8-12(18)16-4-5-21-10(9-16)6-13(19)20/h10H,4-9H2,1-3H3,(H,15,17)(H,19,20). The fourth-order valence-electron chi connectivity index (χ4n) is 2.09. The van der Waals surface area contributed by atoms with E-state index < -0.39 is 12.1 Å². The molecule has 0 aliphatic carbocycles. The first-order chi connectivity index (χ1) is 9.67. The van der Waals surface area contributed by atoms with Gasteiger partial charge in [0.25, 0.3) is 0 Å². The van der Waals surface area contributed by atoms with Crippen molar-refractivity contribution >= 4 is 17.8 Å². The van der Waals surface area contributed by atoms with Crippen LogP contribution in [0.15, 0.2) is 0 Å². The molecule has 1 atom stereocenters. The number of carboxylic acid groups (broad SMARTS) is 1. The van der Waals surface area contributed by atoms with Gasteiger partial charge in [-0.1, -0.05) is 20.8 Å². The van der Waals surface area contributed by atoms with Gasteiger partial charge in [0.15, 0.2) is 0 Å². The Morgan fingerprint density at radius 3 is 2.57 bits per heavy atom. The first-order valence-corrected chi connectivity index (χ1v) is 7.05. The number of aliphatic carboxylic acids is 1. The highest BCUT2D eigenvalue weighted by Crippen LogP contribution is 2.17. The largest absolute Gasteiger partial charge is 0.481 e. The predicted molar refractivity (Wildman–Crippen MR) is 75.7 cm³/mol. The van der Waals surface area contributed by atoms with E-state index >= 15 is 0 Å². The molecular formula is C14H24N2O5. The number of morpholine rings is 1. The average Bonchev–Trinajstić information content (AvgIpc) is 2.33. The molecule has 1 fully saturated rings. The fraction of sp³-hybridized carbons (Fsp3) is 0.786. The lowest BCUT2D eigenvalue weighted by Crippen LogP contribution is -2.49. The molecule has 0 spiro atoms. The SMILES string of the molecule is CC(C)(C)CC(=O)NCC(=O)N1CCOC(CC(=O)O)C1. The zero-order valence-corrected chi connectivity index (χ0v) is 12.8. The summed E-state index contributed by atoms with van der Waals surface area (Å²) in [4.78, 5) is 35.9. The van der Waals surface area contributed by atoms with Gasteiger partial charge in [0, 0.05) is 19.5 Å². The Hall–Kier alpha value is -1.63. The molecule has 0 bridgehead atoms. The number of amides is 2. The van der Waals surface area contributed by atoms with Gasteiger partial charge in [-0.3, -0.25) is 14.4 Å². The summed E-state index contributed by atoms with van der Waals surface area (Å²) in [5.74, 6) is -1.32. The molecule has 2 N–H and O–H groups in total. The van der Waals surface area contributed by atoms with E-state index in [-0.39, 0.29) is 36.7 Å². The zero-order chi connectivity index (χ0) is 16.0. The summed E-state index contributed by atoms with van der Waals surface area (Å²) in [5.41, 5.74) is -0.126. The van der Waals surface area contributed by atoms with Crippen LogP contribution >= 0.6 is 0 Å². The summed E-state index contributed by atoms with van der Waals surface area (Å²) in [6, 6.07) is 0. The van der Waals surface area contributed by atoms with Crippen molar-refractivity contribution in [1.82, 2.24) is 10.2 Å². The third-order valence-corrected chi connectivity index (χ3v) is 3.02. The number of nitrogens with zero attached hydrogens (tertiary/aromatic N) is 1. The van der Waals surface area contributed by atoms with Gasteiger partial charge >= 0.3 is 5.97 Å². The van der Waals surface area contributed by atoms with Crippen LogP contribution in [0.4, 0.5) is 0 Å². The van der Waals surface area contributed by atoms with Crippen LogP contribution in [-0.4, -0.2) is 60.1 Å². The second-order valence-corrected chi connectivity index (χ2v) is 6.44. The Balaban J connectivity index is 2.37. The van der Waals surface area contributed by atoms with E-state index in [2.05, 4.69) is 5.32 Å². The third-order valence-electron chi connectivity index (χ3n) is 3.02. The molecule has 1 saturated heterocycles. The maximum Gasteiger partial charge on any atom is 0.306 e. The smallest absolute Gasteiger partial charge is 0.306 e. The summed E-state index contributed by atoms with van der Waals surface area (Å²) in [6.07, 6.45) is -0.254. The lowest BCUT2D eigenvalue weighted by molar-refractivity contribution is -0.147. The Kier molecular flexibility index (Phi) is 6.14. The van der Waals surface area contributed by atoms with Gasteiger partial charge in [0.05, 0.1) is 25.7 Å². The van der Waals surface area contributed by atoms with Crippen LogP contribution in [0, 0.1) is 5.41 Å². The minimum atomic E-state index is -0.951. The van der Waals surface area contributed by atoms with Gasteiger partial charge in [-0.15, -0.1) is 0 Å². The van der Waals surface area contributed by atoms with Crippen LogP contribution in [0.25, 0.3) is 0 Å². The number of ether oxygens (including phenoxy) is 1. The van der Waals surface area contributed by atoms with Crippen LogP contribution in [0.2, 0.25) is 0 Å². The number of hydrogen-bond donors (Lipinski definition) is 2. The molecule has 7 nitrogen and oxygen atoms in total. The molecule has 0 aromatic carbocycles. The van der Waals surface area contributed by atoms with Crippen molar-refractivity contribution in [2.45, 2.75) is 39.7 Å². The summed E-state index contributed by atoms with van der Waals surface area (Å²) >= 11 is 0. The van der Waals surface area contributed by atoms with E-state index in [1.54, 1.807) is 0 Å². The molecule has 120 valence electrons. The molecule has 7 heteroatoms. The van der Waals surface area contributed by atoms with Crippen LogP contribution in [-0.2, 0) is 19.1 Å². The lowest BCUT2D eigenvalue weighted by atomic mass is 9.92. The minimum absolute atomic E-state index is 0.0608. The van der Waals surface area contributed by atoms with Gasteiger partial charge in [-0.25, -0.2) is 0 Å². The number of carbonyl (C=O) groups is 3. The Bertz CT molecular complexity index is 403. The first kappa shape index (κ1) is 17.4. The quantitative estimate of drug-likeness (QED) is 0.758. The molecule has 21 heavy (non-hydrogen) atoms. The zero-order valence-electron chi connectivity index (χ0n) is 12.8. The van der Waals surface area contributed by atoms with Gasteiger partial charge < -0.3 is 20.1 Å². The van der Waals surface area contributed by atoms with Crippen molar-refractivity contribution < 1.29 is 24.2 Å². The molecule has 0 aromatic heterocycles. The van der Waals surface area contributed by atoms with Gasteiger partial charge in [0.1, 0.15) is 0 Å². The average molecular weight is 300 g/mol. The number of hydrogen-bond acceptors (Lipinski definition) is 4. The molecule has 1 unspecified atom stereocenters. The Morgan fingerprint density at radius 1 is 1.33 bits per heavy atom. The lowest BCUT2D eigenvalue weighted by Gasteiger charge is -2.32. The van der Waals surface area contributed by atoms with Crippen LogP contribution in [0.3, 0.4) is 0 Å². The summed E-state index contributed by atoms with van der Waals surface area (Å²) in [6.45, 7) is 6.78. The molecule has 0 aromatic rings. The van der Waals surface area contributed by atoms with Gasteiger partial charge in [-0.05, 0) is 5.41 Å². The molecule has 1 aliphatic rings. The maximum atomic E-state index is 12.0. The second kappa shape index (κ2) is 7.40. The normalized spacial score (nSPS) is 19.2. The summed E-state index contributed by atoms with van der Waals surface area (Å²) in [5, 5.41) is 11.3. The number of nitrogens with one attached hydrogen (secondary N) is 1. The van der Waals surface area contributed by atoms with Gasteiger partial charge in [-0.2, -0.15) is 0 Å². The highest BCUT2D eigenvalue weighted by Gasteiger charge is 2.26. The first-order valence-electron chi connectivity index (χ1n) is 7.05. The Labute approximate surface area is 124 Å². The van der Waals surface area contributed by atoms with E-state index in [9.17, 15) is 14.4 Å². The summed E-state index contributed by atoms with van der Waals surface area (Å²) < 4.78 is 5.30. The van der Waals surface area contributed by atoms with E-state index in [1.165, 1.54) is 4.90 Å². The number of carboxylic acids is 1. The predicted octanol–water partition coefficient (Wildman–Crippen LogP) is 0.241. The third kappa shape index (κ3) is 7.08. The van der Waals surface area contributed by atoms with E-state index in [1.807, 2.05) is 20.8 Å². The second-order valence-electron chi connectivity index (χ2n) is 6.44. The van der Waals surface area contributed by atoms with Crippen molar-refractivity contribution in [3.63, 3.8) is 0 Å². The van der Waals surface area contributed by atoms with Crippen molar-refractivity contribution in [1.29, 1.82) is 0 Å². The summed E-state index contributed by atoms with van der Waals surface area (Å²) in [7, 11) is 0. The topological polar surface area (TPSA) is 95.9 Å². The highest BCUT2D eigenvalue weighted by atomic mass is 16.5. The molecular weight excluding hydrogens is 276 g/mol. The van der Waals surface area contributed by atoms with Crippen molar-refractivity contribution in [2.75, 3.05) is 26.2 Å². The Morgan fingerprint density at radius 2 is 2.00 bits per heavy atom. The molecule has 1 rings (SSSR count). The van der Waals surface area contributed by atoms with E-state index in [0.717, 1.165) is 0 Å². The van der Waals surface area contributed by atoms with Gasteiger partial charge in [0.2, 0.25) is 11.8 Å². The molecule has 2 amide bonds. The molecule has 1 aliphatic heterocycles. The maximum absolute atomic E-state index is 12.0. The molecule has 0 saturated carbocycles. The van der Waals surface area contributed by atoms with Crippen molar-refractivity contribution in [3.05, 3.63) is 0 Å². The van der Waals surface area contributed by atoms with Crippen molar-refractivity contribution in [2.24, 2.45) is 5.41 Å².